The van der Waals surface area contributed by atoms with Crippen LogP contribution in [0, 0.1) is 0 Å². The number of hydroxylamine groups is 2. The second-order valence-electron chi connectivity index (χ2n) is 8.93. The molecule has 1 heterocycles. The first kappa shape index (κ1) is 25.1. The van der Waals surface area contributed by atoms with Crippen molar-refractivity contribution >= 4 is 0 Å². The van der Waals surface area contributed by atoms with Crippen molar-refractivity contribution in [1.29, 1.82) is 0 Å². The Bertz CT molecular complexity index is 396. The number of nitrogens with zero attached hydrogens (tertiary/aromatic N) is 2. The van der Waals surface area contributed by atoms with E-state index in [1.165, 1.54) is 68.2 Å². The molecule has 0 radical (unpaired) electrons. The molecule has 0 aromatic carbocycles. The van der Waals surface area contributed by atoms with E-state index in [4.69, 9.17) is 0 Å². The summed E-state index contributed by atoms with van der Waals surface area (Å²) in [5, 5.41) is 12.2. The van der Waals surface area contributed by atoms with E-state index in [0.717, 1.165) is 6.54 Å². The zero-order valence-electron chi connectivity index (χ0n) is 17.9. The third-order valence-corrected chi connectivity index (χ3v) is 5.85. The topological polar surface area (TPSA) is 23.5 Å². The summed E-state index contributed by atoms with van der Waals surface area (Å²) in [5.41, 5.74) is 0.880. The normalized spacial score (nSPS) is 19.6. The van der Waals surface area contributed by atoms with Crippen molar-refractivity contribution in [1.82, 2.24) is 5.06 Å². The molecule has 0 aliphatic carbocycles. The van der Waals surface area contributed by atoms with Crippen LogP contribution in [0.2, 0.25) is 0 Å². The van der Waals surface area contributed by atoms with Crippen molar-refractivity contribution in [3.8, 4) is 0 Å². The lowest BCUT2D eigenvalue weighted by atomic mass is 9.94. The summed E-state index contributed by atoms with van der Waals surface area (Å²) < 4.78 is 1.20. The first-order valence-electron chi connectivity index (χ1n) is 10.2. The number of quaternary nitrogens is 1. The van der Waals surface area contributed by atoms with Gasteiger partial charge in [0.15, 0.2) is 0 Å². The molecule has 3 nitrogen and oxygen atoms in total. The molecule has 0 saturated carbocycles. The Kier molecular flexibility index (Phi) is 10.5. The van der Waals surface area contributed by atoms with Crippen LogP contribution < -0.4 is 17.0 Å². The molecule has 1 rings (SSSR count). The van der Waals surface area contributed by atoms with Crippen LogP contribution in [0.4, 0.5) is 0 Å². The Balaban J connectivity index is 0.00000576. The zero-order valence-corrected chi connectivity index (χ0v) is 19.5. The molecule has 25 heavy (non-hydrogen) atoms. The maximum Gasteiger partial charge on any atom is 0.102 e. The highest BCUT2D eigenvalue weighted by Gasteiger charge is 2.47. The Morgan fingerprint density at radius 3 is 1.56 bits per heavy atom. The predicted molar refractivity (Wildman–Crippen MR) is 104 cm³/mol. The minimum Gasteiger partial charge on any atom is -1.00 e. The van der Waals surface area contributed by atoms with E-state index in [-0.39, 0.29) is 28.1 Å². The first-order chi connectivity index (χ1) is 11.1. The Hall–Kier alpha value is 0.100. The molecule has 1 N–H and O–H groups in total. The van der Waals surface area contributed by atoms with Crippen molar-refractivity contribution in [3.05, 3.63) is 11.6 Å². The molecule has 0 bridgehead atoms. The lowest BCUT2D eigenvalue weighted by Crippen LogP contribution is -3.00. The van der Waals surface area contributed by atoms with Gasteiger partial charge in [-0.2, -0.15) is 5.06 Å². The fourth-order valence-corrected chi connectivity index (χ4v) is 4.17. The molecular formula is C21H43BrN2O. The predicted octanol–water partition coefficient (Wildman–Crippen LogP) is 2.40. The smallest absolute Gasteiger partial charge is 0.102 e. The largest absolute Gasteiger partial charge is 1.00 e. The Morgan fingerprint density at radius 2 is 1.28 bits per heavy atom. The van der Waals surface area contributed by atoms with Crippen molar-refractivity contribution in [2.45, 2.75) is 98.1 Å². The quantitative estimate of drug-likeness (QED) is 0.411. The molecular weight excluding hydrogens is 376 g/mol. The number of hydrogen-bond donors (Lipinski definition) is 1. The number of rotatable bonds is 11. The molecule has 0 aromatic rings. The molecule has 0 aromatic heterocycles. The second-order valence-corrected chi connectivity index (χ2v) is 8.93. The minimum absolute atomic E-state index is 0. The maximum atomic E-state index is 10.7. The monoisotopic (exact) mass is 418 g/mol. The number of hydrogen-bond acceptors (Lipinski definition) is 2. The van der Waals surface area contributed by atoms with Gasteiger partial charge in [0.1, 0.15) is 6.54 Å². The maximum absolute atomic E-state index is 10.7. The Morgan fingerprint density at radius 1 is 0.880 bits per heavy atom. The van der Waals surface area contributed by atoms with Gasteiger partial charge in [0, 0.05) is 5.57 Å². The van der Waals surface area contributed by atoms with Crippen LogP contribution in [0.3, 0.4) is 0 Å². The van der Waals surface area contributed by atoms with E-state index in [1.54, 1.807) is 5.06 Å². The van der Waals surface area contributed by atoms with Crippen LogP contribution >= 0.6 is 0 Å². The van der Waals surface area contributed by atoms with E-state index < -0.39 is 0 Å². The molecule has 0 spiro atoms. The summed E-state index contributed by atoms with van der Waals surface area (Å²) in [6.45, 7) is 20.4. The summed E-state index contributed by atoms with van der Waals surface area (Å²) in [4.78, 5) is 0. The molecule has 4 heteroatoms. The van der Waals surface area contributed by atoms with E-state index in [1.807, 2.05) is 0 Å². The average molecular weight is 419 g/mol. The highest BCUT2D eigenvalue weighted by Crippen LogP contribution is 2.39. The van der Waals surface area contributed by atoms with E-state index in [9.17, 15) is 5.21 Å². The van der Waals surface area contributed by atoms with Gasteiger partial charge in [-0.25, -0.2) is 0 Å². The van der Waals surface area contributed by atoms with Crippen LogP contribution in [-0.4, -0.2) is 52.0 Å². The lowest BCUT2D eigenvalue weighted by Gasteiger charge is -2.43. The highest BCUT2D eigenvalue weighted by molar-refractivity contribution is 5.30. The average Bonchev–Trinajstić information content (AvgIpc) is 2.68. The van der Waals surface area contributed by atoms with Crippen LogP contribution in [0.1, 0.15) is 87.0 Å². The number of halogens is 1. The molecule has 1 aliphatic heterocycles. The van der Waals surface area contributed by atoms with Gasteiger partial charge in [-0.05, 0) is 47.0 Å². The molecule has 150 valence electrons. The van der Waals surface area contributed by atoms with Crippen LogP contribution in [-0.2, 0) is 0 Å². The summed E-state index contributed by atoms with van der Waals surface area (Å²) >= 11 is 0. The van der Waals surface area contributed by atoms with Crippen molar-refractivity contribution in [2.75, 3.05) is 26.2 Å². The summed E-state index contributed by atoms with van der Waals surface area (Å²) in [5.74, 6) is 0. The second kappa shape index (κ2) is 10.4. The SMILES string of the molecule is CCCC[N+](CCCC)(CCCC)CC1=CC(C)(C)N(O)C1(C)C.[Br-]. The zero-order chi connectivity index (χ0) is 18.4. The van der Waals surface area contributed by atoms with Gasteiger partial charge in [0.25, 0.3) is 0 Å². The van der Waals surface area contributed by atoms with Gasteiger partial charge < -0.3 is 26.7 Å². The molecule has 0 unspecified atom stereocenters. The Labute approximate surface area is 167 Å². The fourth-order valence-electron chi connectivity index (χ4n) is 4.17. The highest BCUT2D eigenvalue weighted by atomic mass is 79.9. The van der Waals surface area contributed by atoms with Gasteiger partial charge in [0.05, 0.1) is 30.7 Å². The molecule has 0 saturated heterocycles. The van der Waals surface area contributed by atoms with E-state index in [2.05, 4.69) is 54.5 Å². The molecule has 1 aliphatic rings. The standard InChI is InChI=1S/C21H43N2O.BrH/c1-8-11-14-23(15-12-9-2,16-13-10-3)18-19-17-20(4,5)22(24)21(19,6)7;/h17,24H,8-16,18H2,1-7H3;1H/q+1;/p-1. The number of unbranched alkanes of at least 4 members (excludes halogenated alkanes) is 3. The van der Waals surface area contributed by atoms with Gasteiger partial charge in [-0.15, -0.1) is 0 Å². The molecule has 0 amide bonds. The van der Waals surface area contributed by atoms with Gasteiger partial charge in [-0.1, -0.05) is 46.1 Å². The third-order valence-electron chi connectivity index (χ3n) is 5.85. The van der Waals surface area contributed by atoms with Gasteiger partial charge in [-0.3, -0.25) is 0 Å². The molecule has 0 atom stereocenters. The summed E-state index contributed by atoms with van der Waals surface area (Å²) in [7, 11) is 0. The van der Waals surface area contributed by atoms with Gasteiger partial charge >= 0.3 is 0 Å². The van der Waals surface area contributed by atoms with Crippen LogP contribution in [0.15, 0.2) is 11.6 Å². The van der Waals surface area contributed by atoms with Crippen molar-refractivity contribution in [3.63, 3.8) is 0 Å². The fraction of sp³-hybridized carbons (Fsp3) is 0.905. The first-order valence-corrected chi connectivity index (χ1v) is 10.2. The van der Waals surface area contributed by atoms with Gasteiger partial charge in [0.2, 0.25) is 0 Å². The third kappa shape index (κ3) is 6.34. The summed E-state index contributed by atoms with van der Waals surface area (Å²) in [6.07, 6.45) is 10.0. The van der Waals surface area contributed by atoms with Crippen LogP contribution in [0.5, 0.6) is 0 Å². The molecule has 0 fully saturated rings. The lowest BCUT2D eigenvalue weighted by molar-refractivity contribution is -0.924. The van der Waals surface area contributed by atoms with Crippen molar-refractivity contribution in [2.24, 2.45) is 0 Å². The van der Waals surface area contributed by atoms with Crippen LogP contribution in [0.25, 0.3) is 0 Å². The minimum atomic E-state index is -0.269. The van der Waals surface area contributed by atoms with Crippen molar-refractivity contribution < 1.29 is 26.7 Å². The van der Waals surface area contributed by atoms with E-state index in [0.29, 0.717) is 0 Å². The van der Waals surface area contributed by atoms with E-state index >= 15 is 0 Å². The summed E-state index contributed by atoms with van der Waals surface area (Å²) in [6, 6.07) is 0.